The Balaban J connectivity index is 1.52. The second-order valence-electron chi connectivity index (χ2n) is 6.33. The number of urea groups is 1. The summed E-state index contributed by atoms with van der Waals surface area (Å²) < 4.78 is 5.08. The maximum absolute atomic E-state index is 12.2. The van der Waals surface area contributed by atoms with Gasteiger partial charge >= 0.3 is 6.03 Å². The van der Waals surface area contributed by atoms with E-state index in [1.807, 2.05) is 32.0 Å². The maximum atomic E-state index is 12.2. The Morgan fingerprint density at radius 2 is 1.66 bits per heavy atom. The molecule has 0 aliphatic rings. The lowest BCUT2D eigenvalue weighted by Crippen LogP contribution is -2.19. The summed E-state index contributed by atoms with van der Waals surface area (Å²) in [6, 6.07) is 12.3. The van der Waals surface area contributed by atoms with Crippen LogP contribution in [0.3, 0.4) is 0 Å². The van der Waals surface area contributed by atoms with Crippen molar-refractivity contribution in [2.45, 2.75) is 20.3 Å². The molecule has 1 heterocycles. The Kier molecular flexibility index (Phi) is 6.40. The molecule has 3 aromatic rings. The highest BCUT2D eigenvalue weighted by Gasteiger charge is 2.12. The molecule has 0 saturated heterocycles. The number of amides is 3. The van der Waals surface area contributed by atoms with Gasteiger partial charge < -0.3 is 15.4 Å². The van der Waals surface area contributed by atoms with Gasteiger partial charge in [-0.2, -0.15) is 0 Å². The minimum atomic E-state index is -0.418. The predicted octanol–water partition coefficient (Wildman–Crippen LogP) is 3.99. The zero-order valence-corrected chi connectivity index (χ0v) is 17.1. The molecule has 29 heavy (non-hydrogen) atoms. The van der Waals surface area contributed by atoms with E-state index in [2.05, 4.69) is 26.1 Å². The van der Waals surface area contributed by atoms with Crippen molar-refractivity contribution >= 4 is 39.8 Å². The van der Waals surface area contributed by atoms with Gasteiger partial charge in [0.2, 0.25) is 11.0 Å². The van der Waals surface area contributed by atoms with Crippen LogP contribution < -0.4 is 20.7 Å². The number of hydrogen-bond donors (Lipinski definition) is 3. The molecule has 0 bridgehead atoms. The van der Waals surface area contributed by atoms with Crippen LogP contribution in [0.1, 0.15) is 16.1 Å². The summed E-state index contributed by atoms with van der Waals surface area (Å²) in [6.07, 6.45) is 0.0597. The van der Waals surface area contributed by atoms with E-state index in [4.69, 9.17) is 4.74 Å². The van der Waals surface area contributed by atoms with Crippen molar-refractivity contribution in [1.82, 2.24) is 10.2 Å². The molecule has 3 N–H and O–H groups in total. The number of nitrogens with one attached hydrogen (secondary N) is 3. The van der Waals surface area contributed by atoms with E-state index in [1.54, 1.807) is 31.4 Å². The van der Waals surface area contributed by atoms with Gasteiger partial charge in [0.25, 0.3) is 0 Å². The molecule has 0 spiro atoms. The van der Waals surface area contributed by atoms with Crippen LogP contribution in [0.4, 0.5) is 21.3 Å². The highest BCUT2D eigenvalue weighted by molar-refractivity contribution is 7.15. The van der Waals surface area contributed by atoms with Crippen molar-refractivity contribution in [2.75, 3.05) is 23.1 Å². The number of anilines is 3. The molecule has 0 aliphatic carbocycles. The number of aryl methyl sites for hydroxylation is 2. The molecule has 3 amide bonds. The van der Waals surface area contributed by atoms with Gasteiger partial charge in [-0.1, -0.05) is 17.4 Å². The van der Waals surface area contributed by atoms with Crippen molar-refractivity contribution in [2.24, 2.45) is 0 Å². The number of nitrogens with zero attached hydrogens (tertiary/aromatic N) is 2. The average Bonchev–Trinajstić information content (AvgIpc) is 3.11. The van der Waals surface area contributed by atoms with Crippen LogP contribution in [0.2, 0.25) is 0 Å². The summed E-state index contributed by atoms with van der Waals surface area (Å²) in [5.41, 5.74) is 3.59. The molecule has 150 valence electrons. The molecule has 9 heteroatoms. The zero-order valence-electron chi connectivity index (χ0n) is 16.3. The number of rotatable bonds is 6. The summed E-state index contributed by atoms with van der Waals surface area (Å²) in [5.74, 6) is 0.486. The summed E-state index contributed by atoms with van der Waals surface area (Å²) in [4.78, 5) is 24.3. The minimum Gasteiger partial charge on any atom is -0.497 e. The van der Waals surface area contributed by atoms with Gasteiger partial charge in [0.15, 0.2) is 0 Å². The van der Waals surface area contributed by atoms with E-state index in [0.29, 0.717) is 27.3 Å². The van der Waals surface area contributed by atoms with Crippen LogP contribution in [0.25, 0.3) is 0 Å². The van der Waals surface area contributed by atoms with Gasteiger partial charge in [-0.3, -0.25) is 10.1 Å². The molecule has 0 aliphatic heterocycles. The lowest BCUT2D eigenvalue weighted by molar-refractivity contribution is -0.115. The van der Waals surface area contributed by atoms with E-state index >= 15 is 0 Å². The van der Waals surface area contributed by atoms with Crippen LogP contribution in [0, 0.1) is 13.8 Å². The quantitative estimate of drug-likeness (QED) is 0.569. The Morgan fingerprint density at radius 3 is 2.34 bits per heavy atom. The maximum Gasteiger partial charge on any atom is 0.325 e. The van der Waals surface area contributed by atoms with Gasteiger partial charge in [0, 0.05) is 11.4 Å². The average molecular weight is 411 g/mol. The Morgan fingerprint density at radius 1 is 0.931 bits per heavy atom. The van der Waals surface area contributed by atoms with Gasteiger partial charge in [-0.15, -0.1) is 10.2 Å². The lowest BCUT2D eigenvalue weighted by Gasteiger charge is -2.07. The van der Waals surface area contributed by atoms with E-state index in [0.717, 1.165) is 22.5 Å². The fraction of sp³-hybridized carbons (Fsp3) is 0.200. The molecule has 0 radical (unpaired) electrons. The fourth-order valence-corrected chi connectivity index (χ4v) is 3.20. The number of aromatic nitrogens is 2. The Bertz CT molecular complexity index is 1020. The third-order valence-corrected chi connectivity index (χ3v) is 4.98. The number of benzene rings is 2. The topological polar surface area (TPSA) is 105 Å². The molecule has 3 rings (SSSR count). The summed E-state index contributed by atoms with van der Waals surface area (Å²) >= 11 is 1.15. The first-order chi connectivity index (χ1) is 13.9. The van der Waals surface area contributed by atoms with Crippen molar-refractivity contribution in [1.29, 1.82) is 0 Å². The second-order valence-corrected chi connectivity index (χ2v) is 7.39. The first-order valence-corrected chi connectivity index (χ1v) is 9.66. The first-order valence-electron chi connectivity index (χ1n) is 8.84. The largest absolute Gasteiger partial charge is 0.497 e. The van der Waals surface area contributed by atoms with E-state index in [-0.39, 0.29) is 12.3 Å². The number of methoxy groups -OCH3 is 1. The van der Waals surface area contributed by atoms with Crippen molar-refractivity contribution in [3.63, 3.8) is 0 Å². The van der Waals surface area contributed by atoms with Crippen LogP contribution in [0.15, 0.2) is 42.5 Å². The standard InChI is InChI=1S/C20H21N5O3S/c1-12-4-5-15(10-13(12)2)22-19(27)23-20-25-24-18(29-20)11-17(26)21-14-6-8-16(28-3)9-7-14/h4-10H,11H2,1-3H3,(H,21,26)(H2,22,23,25,27). The van der Waals surface area contributed by atoms with Crippen LogP contribution in [0.5, 0.6) is 5.75 Å². The molecule has 0 saturated carbocycles. The van der Waals surface area contributed by atoms with Crippen molar-refractivity contribution in [3.8, 4) is 5.75 Å². The molecule has 0 atom stereocenters. The first kappa shape index (κ1) is 20.3. The Hall–Kier alpha value is -3.46. The molecule has 0 unspecified atom stereocenters. The molecule has 8 nitrogen and oxygen atoms in total. The number of hydrogen-bond acceptors (Lipinski definition) is 6. The second kappa shape index (κ2) is 9.16. The third-order valence-electron chi connectivity index (χ3n) is 4.14. The SMILES string of the molecule is COc1ccc(NC(=O)Cc2nnc(NC(=O)Nc3ccc(C)c(C)c3)s2)cc1. The molecule has 1 aromatic heterocycles. The minimum absolute atomic E-state index is 0.0597. The van der Waals surface area contributed by atoms with Crippen molar-refractivity contribution in [3.05, 3.63) is 58.6 Å². The fourth-order valence-electron chi connectivity index (χ4n) is 2.47. The predicted molar refractivity (Wildman–Crippen MR) is 114 cm³/mol. The number of ether oxygens (including phenoxy) is 1. The van der Waals surface area contributed by atoms with E-state index in [1.165, 1.54) is 0 Å². The Labute approximate surface area is 172 Å². The monoisotopic (exact) mass is 411 g/mol. The van der Waals surface area contributed by atoms with Gasteiger partial charge in [0.05, 0.1) is 13.5 Å². The van der Waals surface area contributed by atoms with E-state index in [9.17, 15) is 9.59 Å². The summed E-state index contributed by atoms with van der Waals surface area (Å²) in [7, 11) is 1.58. The zero-order chi connectivity index (χ0) is 20.8. The van der Waals surface area contributed by atoms with Crippen LogP contribution in [-0.2, 0) is 11.2 Å². The van der Waals surface area contributed by atoms with Crippen molar-refractivity contribution < 1.29 is 14.3 Å². The number of carbonyl (C=O) groups excluding carboxylic acids is 2. The highest BCUT2D eigenvalue weighted by Crippen LogP contribution is 2.19. The summed E-state index contributed by atoms with van der Waals surface area (Å²) in [6.45, 7) is 3.99. The molecule has 2 aromatic carbocycles. The smallest absolute Gasteiger partial charge is 0.325 e. The molecular weight excluding hydrogens is 390 g/mol. The normalized spacial score (nSPS) is 10.3. The van der Waals surface area contributed by atoms with Gasteiger partial charge in [-0.05, 0) is 61.4 Å². The van der Waals surface area contributed by atoms with E-state index < -0.39 is 6.03 Å². The van der Waals surface area contributed by atoms with Gasteiger partial charge in [0.1, 0.15) is 10.8 Å². The van der Waals surface area contributed by atoms with Crippen LogP contribution in [-0.4, -0.2) is 29.2 Å². The van der Waals surface area contributed by atoms with Gasteiger partial charge in [-0.25, -0.2) is 4.79 Å². The summed E-state index contributed by atoms with van der Waals surface area (Å²) in [5, 5.41) is 16.8. The number of carbonyl (C=O) groups is 2. The molecular formula is C20H21N5O3S. The molecule has 0 fully saturated rings. The third kappa shape index (κ3) is 5.76. The lowest BCUT2D eigenvalue weighted by atomic mass is 10.1. The highest BCUT2D eigenvalue weighted by atomic mass is 32.1. The van der Waals surface area contributed by atoms with Crippen LogP contribution >= 0.6 is 11.3 Å².